The van der Waals surface area contributed by atoms with E-state index in [2.05, 4.69) is 6.58 Å². The van der Waals surface area contributed by atoms with E-state index in [1.165, 1.54) is 0 Å². The number of ether oxygens (including phenoxy) is 3. The summed E-state index contributed by atoms with van der Waals surface area (Å²) in [7, 11) is 4.75. The van der Waals surface area contributed by atoms with Crippen molar-refractivity contribution in [3.8, 4) is 17.2 Å². The van der Waals surface area contributed by atoms with Gasteiger partial charge in [-0.2, -0.15) is 0 Å². The van der Waals surface area contributed by atoms with Crippen molar-refractivity contribution in [2.75, 3.05) is 27.2 Å². The van der Waals surface area contributed by atoms with Crippen LogP contribution >= 0.6 is 11.6 Å². The van der Waals surface area contributed by atoms with E-state index in [4.69, 9.17) is 25.8 Å². The van der Waals surface area contributed by atoms with E-state index in [0.29, 0.717) is 23.1 Å². The Balaban J connectivity index is 3.37. The molecule has 0 saturated carbocycles. The van der Waals surface area contributed by atoms with E-state index < -0.39 is 0 Å². The van der Waals surface area contributed by atoms with E-state index in [-0.39, 0.29) is 0 Å². The maximum absolute atomic E-state index is 5.78. The molecule has 1 rings (SSSR count). The molecule has 1 aromatic carbocycles. The minimum atomic E-state index is 0.319. The first-order chi connectivity index (χ1) is 7.67. The molecule has 16 heavy (non-hydrogen) atoms. The van der Waals surface area contributed by atoms with Crippen LogP contribution in [-0.2, 0) is 0 Å². The zero-order chi connectivity index (χ0) is 12.1. The summed E-state index contributed by atoms with van der Waals surface area (Å²) in [6.45, 7) is 3.88. The van der Waals surface area contributed by atoms with Crippen LogP contribution < -0.4 is 14.2 Å². The highest BCUT2D eigenvalue weighted by Gasteiger charge is 2.15. The fraction of sp³-hybridized carbons (Fsp3) is 0.333. The van der Waals surface area contributed by atoms with Gasteiger partial charge in [-0.05, 0) is 5.57 Å². The van der Waals surface area contributed by atoms with E-state index in [1.54, 1.807) is 33.5 Å². The second-order valence-corrected chi connectivity index (χ2v) is 3.41. The molecule has 0 atom stereocenters. The molecule has 0 aromatic heterocycles. The third kappa shape index (κ3) is 2.42. The van der Waals surface area contributed by atoms with Gasteiger partial charge < -0.3 is 14.2 Å². The molecule has 0 aliphatic rings. The van der Waals surface area contributed by atoms with Crippen LogP contribution in [0.4, 0.5) is 0 Å². The number of rotatable bonds is 5. The van der Waals surface area contributed by atoms with Gasteiger partial charge in [0.1, 0.15) is 17.2 Å². The number of alkyl halides is 1. The third-order valence-corrected chi connectivity index (χ3v) is 2.55. The lowest BCUT2D eigenvalue weighted by Gasteiger charge is -2.15. The Morgan fingerprint density at radius 2 is 1.62 bits per heavy atom. The van der Waals surface area contributed by atoms with Gasteiger partial charge in [-0.1, -0.05) is 6.58 Å². The molecule has 88 valence electrons. The molecule has 0 aliphatic heterocycles. The van der Waals surface area contributed by atoms with Crippen molar-refractivity contribution in [1.82, 2.24) is 0 Å². The van der Waals surface area contributed by atoms with Crippen LogP contribution in [0, 0.1) is 0 Å². The number of halogens is 1. The predicted octanol–water partition coefficient (Wildman–Crippen LogP) is 2.96. The molecule has 4 heteroatoms. The molecule has 0 amide bonds. The summed E-state index contributed by atoms with van der Waals surface area (Å²) in [4.78, 5) is 0. The molecule has 0 radical (unpaired) electrons. The fourth-order valence-corrected chi connectivity index (χ4v) is 1.55. The molecule has 0 heterocycles. The van der Waals surface area contributed by atoms with Crippen LogP contribution in [0.1, 0.15) is 5.56 Å². The van der Waals surface area contributed by atoms with Gasteiger partial charge in [0.05, 0.1) is 26.9 Å². The van der Waals surface area contributed by atoms with Gasteiger partial charge in [0.25, 0.3) is 0 Å². The highest BCUT2D eigenvalue weighted by Crippen LogP contribution is 2.38. The van der Waals surface area contributed by atoms with Gasteiger partial charge in [0, 0.05) is 18.0 Å². The Morgan fingerprint density at radius 3 is 1.94 bits per heavy atom. The van der Waals surface area contributed by atoms with Crippen molar-refractivity contribution in [3.63, 3.8) is 0 Å². The summed E-state index contributed by atoms with van der Waals surface area (Å²) < 4.78 is 15.7. The predicted molar refractivity (Wildman–Crippen MR) is 65.9 cm³/mol. The van der Waals surface area contributed by atoms with Gasteiger partial charge in [-0.3, -0.25) is 0 Å². The van der Waals surface area contributed by atoms with Gasteiger partial charge in [0.2, 0.25) is 0 Å². The number of hydrogen-bond acceptors (Lipinski definition) is 3. The smallest absolute Gasteiger partial charge is 0.133 e. The first-order valence-electron chi connectivity index (χ1n) is 4.72. The topological polar surface area (TPSA) is 27.7 Å². The molecule has 0 spiro atoms. The summed E-state index contributed by atoms with van der Waals surface area (Å²) >= 11 is 5.78. The summed E-state index contributed by atoms with van der Waals surface area (Å²) in [6.07, 6.45) is 0. The Hall–Kier alpha value is -1.35. The van der Waals surface area contributed by atoms with Crippen LogP contribution in [0.3, 0.4) is 0 Å². The van der Waals surface area contributed by atoms with E-state index >= 15 is 0 Å². The SMILES string of the molecule is C=C(CCl)c1c(OC)cc(OC)cc1OC. The summed E-state index contributed by atoms with van der Waals surface area (Å²) in [5, 5.41) is 0. The van der Waals surface area contributed by atoms with Crippen LogP contribution in [-0.4, -0.2) is 27.2 Å². The molecule has 0 fully saturated rings. The third-order valence-electron chi connectivity index (χ3n) is 2.23. The monoisotopic (exact) mass is 242 g/mol. The van der Waals surface area contributed by atoms with Gasteiger partial charge >= 0.3 is 0 Å². The molecule has 0 unspecified atom stereocenters. The highest BCUT2D eigenvalue weighted by molar-refractivity contribution is 6.23. The molecule has 1 aromatic rings. The molecule has 0 aliphatic carbocycles. The standard InChI is InChI=1S/C12H15ClO3/c1-8(7-13)12-10(15-3)5-9(14-2)6-11(12)16-4/h5-6H,1,7H2,2-4H3. The maximum atomic E-state index is 5.78. The second-order valence-electron chi connectivity index (χ2n) is 3.14. The van der Waals surface area contributed by atoms with Crippen molar-refractivity contribution in [1.29, 1.82) is 0 Å². The Morgan fingerprint density at radius 1 is 1.12 bits per heavy atom. The van der Waals surface area contributed by atoms with Crippen molar-refractivity contribution in [2.24, 2.45) is 0 Å². The van der Waals surface area contributed by atoms with Crippen LogP contribution in [0.25, 0.3) is 5.57 Å². The lowest BCUT2D eigenvalue weighted by atomic mass is 10.1. The zero-order valence-electron chi connectivity index (χ0n) is 9.67. The maximum Gasteiger partial charge on any atom is 0.133 e. The average molecular weight is 243 g/mol. The van der Waals surface area contributed by atoms with E-state index in [0.717, 1.165) is 11.1 Å². The molecule has 3 nitrogen and oxygen atoms in total. The molecular formula is C12H15ClO3. The largest absolute Gasteiger partial charge is 0.496 e. The molecular weight excluding hydrogens is 228 g/mol. The average Bonchev–Trinajstić information content (AvgIpc) is 2.35. The summed E-state index contributed by atoms with van der Waals surface area (Å²) in [5.41, 5.74) is 1.53. The Kier molecular flexibility index (Phi) is 4.50. The van der Waals surface area contributed by atoms with Crippen LogP contribution in [0.5, 0.6) is 17.2 Å². The van der Waals surface area contributed by atoms with Crippen molar-refractivity contribution < 1.29 is 14.2 Å². The van der Waals surface area contributed by atoms with E-state index in [1.807, 2.05) is 0 Å². The van der Waals surface area contributed by atoms with Gasteiger partial charge in [-0.15, -0.1) is 11.6 Å². The first kappa shape index (κ1) is 12.7. The van der Waals surface area contributed by atoms with Crippen molar-refractivity contribution in [2.45, 2.75) is 0 Å². The second kappa shape index (κ2) is 5.66. The lowest BCUT2D eigenvalue weighted by Crippen LogP contribution is -1.98. The zero-order valence-corrected chi connectivity index (χ0v) is 10.4. The molecule has 0 saturated heterocycles. The highest BCUT2D eigenvalue weighted by atomic mass is 35.5. The van der Waals surface area contributed by atoms with Crippen molar-refractivity contribution >= 4 is 17.2 Å². The van der Waals surface area contributed by atoms with Gasteiger partial charge in [0.15, 0.2) is 0 Å². The number of methoxy groups -OCH3 is 3. The minimum absolute atomic E-state index is 0.319. The number of hydrogen-bond donors (Lipinski definition) is 0. The number of allylic oxidation sites excluding steroid dienone is 1. The molecule has 0 bridgehead atoms. The van der Waals surface area contributed by atoms with Crippen molar-refractivity contribution in [3.05, 3.63) is 24.3 Å². The number of benzene rings is 1. The van der Waals surface area contributed by atoms with E-state index in [9.17, 15) is 0 Å². The Bertz CT molecular complexity index is 363. The first-order valence-corrected chi connectivity index (χ1v) is 5.25. The Labute approximate surface area is 101 Å². The quantitative estimate of drug-likeness (QED) is 0.743. The summed E-state index contributed by atoms with van der Waals surface area (Å²) in [6, 6.07) is 3.55. The van der Waals surface area contributed by atoms with Crippen LogP contribution in [0.2, 0.25) is 0 Å². The fourth-order valence-electron chi connectivity index (χ4n) is 1.42. The molecule has 0 N–H and O–H groups in total. The summed E-state index contributed by atoms with van der Waals surface area (Å²) in [5.74, 6) is 2.27. The lowest BCUT2D eigenvalue weighted by molar-refractivity contribution is 0.373. The normalized spacial score (nSPS) is 9.75. The van der Waals surface area contributed by atoms with Gasteiger partial charge in [-0.25, -0.2) is 0 Å². The minimum Gasteiger partial charge on any atom is -0.496 e. The van der Waals surface area contributed by atoms with Crippen LogP contribution in [0.15, 0.2) is 18.7 Å².